The minimum Gasteiger partial charge on any atom is -0.496 e. The summed E-state index contributed by atoms with van der Waals surface area (Å²) in [6.45, 7) is 0.501. The normalized spacial score (nSPS) is 13.3. The topological polar surface area (TPSA) is 64.4 Å². The standard InChI is InChI=1S/C18H20N2O3/c1-23-18-10-9-15(20(21)22)11-14(18)12-19-17-8-4-6-13-5-2-3-7-16(13)17/h4,6,8-11,19H,2-3,5,7,12H2,1H3. The maximum Gasteiger partial charge on any atom is 0.270 e. The zero-order valence-corrected chi connectivity index (χ0v) is 13.2. The van der Waals surface area contributed by atoms with Gasteiger partial charge in [0.25, 0.3) is 5.69 Å². The Kier molecular flexibility index (Phi) is 4.46. The van der Waals surface area contributed by atoms with Gasteiger partial charge < -0.3 is 10.1 Å². The highest BCUT2D eigenvalue weighted by Crippen LogP contribution is 2.30. The van der Waals surface area contributed by atoms with Gasteiger partial charge in [-0.05, 0) is 48.9 Å². The molecule has 5 nitrogen and oxygen atoms in total. The SMILES string of the molecule is COc1ccc([N+](=O)[O-])cc1CNc1cccc2c1CCCC2. The lowest BCUT2D eigenvalue weighted by atomic mass is 9.90. The highest BCUT2D eigenvalue weighted by molar-refractivity contribution is 5.56. The zero-order chi connectivity index (χ0) is 16.2. The molecule has 0 bridgehead atoms. The number of benzene rings is 2. The van der Waals surface area contributed by atoms with Gasteiger partial charge in [0.05, 0.1) is 12.0 Å². The van der Waals surface area contributed by atoms with Crippen molar-refractivity contribution >= 4 is 11.4 Å². The summed E-state index contributed by atoms with van der Waals surface area (Å²) < 4.78 is 5.32. The van der Waals surface area contributed by atoms with Crippen LogP contribution < -0.4 is 10.1 Å². The van der Waals surface area contributed by atoms with Crippen molar-refractivity contribution in [2.45, 2.75) is 32.2 Å². The third-order valence-electron chi connectivity index (χ3n) is 4.34. The van der Waals surface area contributed by atoms with Crippen LogP contribution in [0.3, 0.4) is 0 Å². The smallest absolute Gasteiger partial charge is 0.270 e. The zero-order valence-electron chi connectivity index (χ0n) is 13.2. The molecule has 0 amide bonds. The fourth-order valence-electron chi connectivity index (χ4n) is 3.15. The van der Waals surface area contributed by atoms with Crippen molar-refractivity contribution in [3.8, 4) is 5.75 Å². The Morgan fingerprint density at radius 3 is 2.83 bits per heavy atom. The number of nitro groups is 1. The summed E-state index contributed by atoms with van der Waals surface area (Å²) in [5.74, 6) is 0.660. The second-order valence-corrected chi connectivity index (χ2v) is 5.76. The predicted octanol–water partition coefficient (Wildman–Crippen LogP) is 4.09. The van der Waals surface area contributed by atoms with E-state index in [4.69, 9.17) is 4.74 Å². The van der Waals surface area contributed by atoms with Crippen LogP contribution in [0.1, 0.15) is 29.5 Å². The average Bonchev–Trinajstić information content (AvgIpc) is 2.59. The highest BCUT2D eigenvalue weighted by Gasteiger charge is 2.14. The fraction of sp³-hybridized carbons (Fsp3) is 0.333. The monoisotopic (exact) mass is 312 g/mol. The van der Waals surface area contributed by atoms with Crippen LogP contribution in [-0.4, -0.2) is 12.0 Å². The van der Waals surface area contributed by atoms with Crippen LogP contribution in [0.15, 0.2) is 36.4 Å². The first kappa shape index (κ1) is 15.3. The molecule has 0 saturated carbocycles. The van der Waals surface area contributed by atoms with Gasteiger partial charge in [-0.3, -0.25) is 10.1 Å². The van der Waals surface area contributed by atoms with Crippen LogP contribution in [0.2, 0.25) is 0 Å². The molecule has 23 heavy (non-hydrogen) atoms. The van der Waals surface area contributed by atoms with Crippen LogP contribution >= 0.6 is 0 Å². The molecule has 2 aromatic carbocycles. The van der Waals surface area contributed by atoms with Gasteiger partial charge in [0.15, 0.2) is 0 Å². The molecule has 0 heterocycles. The number of hydrogen-bond acceptors (Lipinski definition) is 4. The Morgan fingerprint density at radius 1 is 1.22 bits per heavy atom. The lowest BCUT2D eigenvalue weighted by Crippen LogP contribution is -2.09. The Bertz CT molecular complexity index is 728. The summed E-state index contributed by atoms with van der Waals surface area (Å²) in [6, 6.07) is 11.0. The summed E-state index contributed by atoms with van der Waals surface area (Å²) in [5.41, 5.74) is 4.78. The number of anilines is 1. The van der Waals surface area contributed by atoms with E-state index >= 15 is 0 Å². The molecule has 5 heteroatoms. The fourth-order valence-corrected chi connectivity index (χ4v) is 3.15. The van der Waals surface area contributed by atoms with Gasteiger partial charge in [-0.2, -0.15) is 0 Å². The number of rotatable bonds is 5. The van der Waals surface area contributed by atoms with E-state index in [1.54, 1.807) is 19.2 Å². The van der Waals surface area contributed by atoms with Crippen molar-refractivity contribution in [1.29, 1.82) is 0 Å². The quantitative estimate of drug-likeness (QED) is 0.667. The highest BCUT2D eigenvalue weighted by atomic mass is 16.6. The number of non-ortho nitro benzene ring substituents is 1. The maximum atomic E-state index is 11.0. The van der Waals surface area contributed by atoms with Crippen molar-refractivity contribution in [3.05, 3.63) is 63.2 Å². The van der Waals surface area contributed by atoms with E-state index in [0.717, 1.165) is 24.1 Å². The minimum absolute atomic E-state index is 0.0812. The number of methoxy groups -OCH3 is 1. The number of fused-ring (bicyclic) bond motifs is 1. The first-order valence-electron chi connectivity index (χ1n) is 7.85. The Balaban J connectivity index is 1.83. The number of nitro benzene ring substituents is 1. The van der Waals surface area contributed by atoms with E-state index in [1.807, 2.05) is 0 Å². The molecule has 1 N–H and O–H groups in total. The summed E-state index contributed by atoms with van der Waals surface area (Å²) in [6.07, 6.45) is 4.68. The minimum atomic E-state index is -0.382. The van der Waals surface area contributed by atoms with Gasteiger partial charge >= 0.3 is 0 Å². The Labute approximate surface area is 135 Å². The van der Waals surface area contributed by atoms with Crippen LogP contribution in [0.5, 0.6) is 5.75 Å². The molecule has 1 aliphatic rings. The van der Waals surface area contributed by atoms with Gasteiger partial charge in [0, 0.05) is 29.9 Å². The largest absolute Gasteiger partial charge is 0.496 e. The summed E-state index contributed by atoms with van der Waals surface area (Å²) >= 11 is 0. The first-order valence-corrected chi connectivity index (χ1v) is 7.85. The number of hydrogen-bond donors (Lipinski definition) is 1. The molecule has 0 atom stereocenters. The summed E-state index contributed by atoms with van der Waals surface area (Å²) in [4.78, 5) is 10.6. The number of nitrogens with zero attached hydrogens (tertiary/aromatic N) is 1. The third kappa shape index (κ3) is 3.28. The van der Waals surface area contributed by atoms with Gasteiger partial charge in [-0.15, -0.1) is 0 Å². The maximum absolute atomic E-state index is 11.0. The molecule has 3 rings (SSSR count). The molecular formula is C18H20N2O3. The lowest BCUT2D eigenvalue weighted by molar-refractivity contribution is -0.384. The first-order chi connectivity index (χ1) is 11.2. The molecule has 2 aromatic rings. The molecule has 1 aliphatic carbocycles. The molecule has 0 fully saturated rings. The average molecular weight is 312 g/mol. The van der Waals surface area contributed by atoms with E-state index in [1.165, 1.54) is 30.0 Å². The van der Waals surface area contributed by atoms with E-state index in [2.05, 4.69) is 23.5 Å². The molecule has 120 valence electrons. The molecule has 0 unspecified atom stereocenters. The second-order valence-electron chi connectivity index (χ2n) is 5.76. The predicted molar refractivity (Wildman–Crippen MR) is 90.1 cm³/mol. The number of aryl methyl sites for hydroxylation is 1. The van der Waals surface area contributed by atoms with Crippen molar-refractivity contribution in [2.75, 3.05) is 12.4 Å². The van der Waals surface area contributed by atoms with E-state index in [9.17, 15) is 10.1 Å². The van der Waals surface area contributed by atoms with Crippen molar-refractivity contribution in [2.24, 2.45) is 0 Å². The molecule has 0 aliphatic heterocycles. The number of nitrogens with one attached hydrogen (secondary N) is 1. The van der Waals surface area contributed by atoms with Crippen molar-refractivity contribution in [3.63, 3.8) is 0 Å². The summed E-state index contributed by atoms with van der Waals surface area (Å²) in [7, 11) is 1.58. The van der Waals surface area contributed by atoms with E-state index in [-0.39, 0.29) is 10.6 Å². The van der Waals surface area contributed by atoms with Gasteiger partial charge in [-0.1, -0.05) is 12.1 Å². The molecule has 0 aromatic heterocycles. The van der Waals surface area contributed by atoms with Crippen LogP contribution in [0.4, 0.5) is 11.4 Å². The molecular weight excluding hydrogens is 292 g/mol. The summed E-state index contributed by atoms with van der Waals surface area (Å²) in [5, 5.41) is 14.4. The Morgan fingerprint density at radius 2 is 2.04 bits per heavy atom. The van der Waals surface area contributed by atoms with E-state index in [0.29, 0.717) is 12.3 Å². The van der Waals surface area contributed by atoms with Gasteiger partial charge in [0.1, 0.15) is 5.75 Å². The lowest BCUT2D eigenvalue weighted by Gasteiger charge is -2.20. The van der Waals surface area contributed by atoms with E-state index < -0.39 is 0 Å². The second kappa shape index (κ2) is 6.69. The third-order valence-corrected chi connectivity index (χ3v) is 4.34. The van der Waals surface area contributed by atoms with Crippen LogP contribution in [0.25, 0.3) is 0 Å². The van der Waals surface area contributed by atoms with Crippen molar-refractivity contribution in [1.82, 2.24) is 0 Å². The molecule has 0 radical (unpaired) electrons. The number of ether oxygens (including phenoxy) is 1. The van der Waals surface area contributed by atoms with Gasteiger partial charge in [-0.25, -0.2) is 0 Å². The van der Waals surface area contributed by atoms with Crippen molar-refractivity contribution < 1.29 is 9.66 Å². The van der Waals surface area contributed by atoms with Gasteiger partial charge in [0.2, 0.25) is 0 Å². The Hall–Kier alpha value is -2.56. The van der Waals surface area contributed by atoms with Crippen LogP contribution in [-0.2, 0) is 19.4 Å². The molecule has 0 spiro atoms. The molecule has 0 saturated heterocycles. The van der Waals surface area contributed by atoms with Crippen LogP contribution in [0, 0.1) is 10.1 Å².